The molecule has 4 saturated carbocycles. The minimum Gasteiger partial charge on any atom is -0.309 e. The highest BCUT2D eigenvalue weighted by Gasteiger charge is 2.62. The molecule has 7 aromatic carbocycles. The molecule has 6 aliphatic carbocycles. The lowest BCUT2D eigenvalue weighted by molar-refractivity contribution is -0.0399. The molecular weight excluding hydrogens is 675 g/mol. The Morgan fingerprint density at radius 3 is 1.66 bits per heavy atom. The van der Waals surface area contributed by atoms with Crippen molar-refractivity contribution < 1.29 is 0 Å². The fraction of sp³-hybridized carbons (Fsp3) is 0.236. The molecule has 0 aliphatic heterocycles. The fourth-order valence-electron chi connectivity index (χ4n) is 13.1. The first kappa shape index (κ1) is 32.6. The topological polar surface area (TPSA) is 3.24 Å². The van der Waals surface area contributed by atoms with Crippen LogP contribution < -0.4 is 4.90 Å². The highest BCUT2D eigenvalue weighted by atomic mass is 15.1. The number of benzene rings is 7. The molecule has 4 fully saturated rings. The van der Waals surface area contributed by atoms with E-state index >= 15 is 0 Å². The Hall–Kier alpha value is -5.66. The number of hydrogen-bond donors (Lipinski definition) is 0. The molecule has 56 heavy (non-hydrogen) atoms. The first-order chi connectivity index (χ1) is 27.5. The summed E-state index contributed by atoms with van der Waals surface area (Å²) in [5, 5.41) is 0. The van der Waals surface area contributed by atoms with E-state index in [2.05, 4.69) is 183 Å². The van der Waals surface area contributed by atoms with Crippen molar-refractivity contribution in [3.8, 4) is 44.5 Å². The first-order valence-corrected chi connectivity index (χ1v) is 21.0. The molecule has 0 radical (unpaired) electrons. The summed E-state index contributed by atoms with van der Waals surface area (Å²) >= 11 is 0. The first-order valence-electron chi connectivity index (χ1n) is 21.0. The zero-order chi connectivity index (χ0) is 37.2. The lowest BCUT2D eigenvalue weighted by Gasteiger charge is -2.61. The molecule has 0 amide bonds. The van der Waals surface area contributed by atoms with Crippen LogP contribution in [0.15, 0.2) is 164 Å². The standard InChI is InChI=1S/C55H47N/c1-54(2)46-22-11-9-19-43(46)44-28-27-41(34-49(44)54)56(50-25-13-21-42(37-15-5-3-6-16-37)52(50)38-17-7-4-8-18-38)51-26-14-24-48-53(51)45-20-10-12-23-47(45)55(48)39-30-35-29-36(32-39)33-40(55)31-35/h3-28,34-36,39-40H,29-33H2,1-2H3. The SMILES string of the molecule is CC1(C)c2ccccc2-c2ccc(N(c3cccc(-c4ccccc4)c3-c3ccccc3)c3cccc4c3-c3ccccc3C43C4CC5CC(C4)CC3C5)cc21. The monoisotopic (exact) mass is 721 g/mol. The van der Waals surface area contributed by atoms with Crippen molar-refractivity contribution in [3.63, 3.8) is 0 Å². The summed E-state index contributed by atoms with van der Waals surface area (Å²) in [6, 6.07) is 62.4. The van der Waals surface area contributed by atoms with Gasteiger partial charge in [0.15, 0.2) is 0 Å². The van der Waals surface area contributed by atoms with Gasteiger partial charge in [0.25, 0.3) is 0 Å². The van der Waals surface area contributed by atoms with Gasteiger partial charge in [-0.15, -0.1) is 0 Å². The predicted octanol–water partition coefficient (Wildman–Crippen LogP) is 14.5. The van der Waals surface area contributed by atoms with Crippen molar-refractivity contribution in [2.24, 2.45) is 23.7 Å². The smallest absolute Gasteiger partial charge is 0.0546 e. The Kier molecular flexibility index (Phi) is 6.93. The minimum absolute atomic E-state index is 0.0940. The van der Waals surface area contributed by atoms with Crippen molar-refractivity contribution in [1.29, 1.82) is 0 Å². The average molecular weight is 722 g/mol. The second kappa shape index (κ2) is 11.9. The van der Waals surface area contributed by atoms with E-state index in [0.717, 1.165) is 11.8 Å². The number of nitrogens with zero attached hydrogens (tertiary/aromatic N) is 1. The van der Waals surface area contributed by atoms with Gasteiger partial charge in [-0.25, -0.2) is 0 Å². The van der Waals surface area contributed by atoms with Gasteiger partial charge in [0.05, 0.1) is 11.4 Å². The maximum atomic E-state index is 2.65. The van der Waals surface area contributed by atoms with Crippen molar-refractivity contribution >= 4 is 17.1 Å². The highest BCUT2D eigenvalue weighted by Crippen LogP contribution is 2.70. The summed E-state index contributed by atoms with van der Waals surface area (Å²) in [5.41, 5.74) is 20.3. The van der Waals surface area contributed by atoms with E-state index in [1.807, 2.05) is 0 Å². The Balaban J connectivity index is 1.16. The molecule has 0 unspecified atom stereocenters. The maximum absolute atomic E-state index is 2.65. The molecule has 1 nitrogen and oxygen atoms in total. The molecular formula is C55H47N. The van der Waals surface area contributed by atoms with Crippen LogP contribution in [0.3, 0.4) is 0 Å². The Labute approximate surface area is 331 Å². The molecule has 6 aliphatic rings. The van der Waals surface area contributed by atoms with Gasteiger partial charge in [0.2, 0.25) is 0 Å². The van der Waals surface area contributed by atoms with Crippen LogP contribution in [0.5, 0.6) is 0 Å². The van der Waals surface area contributed by atoms with Crippen LogP contribution in [-0.2, 0) is 10.8 Å². The molecule has 0 atom stereocenters. The third-order valence-corrected chi connectivity index (χ3v) is 15.1. The largest absolute Gasteiger partial charge is 0.309 e. The van der Waals surface area contributed by atoms with Crippen LogP contribution in [0.1, 0.15) is 68.2 Å². The molecule has 4 bridgehead atoms. The summed E-state index contributed by atoms with van der Waals surface area (Å²) in [7, 11) is 0. The van der Waals surface area contributed by atoms with Gasteiger partial charge in [0.1, 0.15) is 0 Å². The molecule has 0 heterocycles. The lowest BCUT2D eigenvalue weighted by Crippen LogP contribution is -2.55. The maximum Gasteiger partial charge on any atom is 0.0546 e. The molecule has 272 valence electrons. The van der Waals surface area contributed by atoms with E-state index in [1.165, 1.54) is 105 Å². The van der Waals surface area contributed by atoms with Crippen LogP contribution >= 0.6 is 0 Å². The number of anilines is 3. The van der Waals surface area contributed by atoms with Gasteiger partial charge in [0, 0.05) is 27.6 Å². The summed E-state index contributed by atoms with van der Waals surface area (Å²) in [6.07, 6.45) is 6.99. The molecule has 0 N–H and O–H groups in total. The minimum atomic E-state index is -0.114. The van der Waals surface area contributed by atoms with Crippen molar-refractivity contribution in [3.05, 3.63) is 186 Å². The Bertz CT molecular complexity index is 2660. The van der Waals surface area contributed by atoms with E-state index < -0.39 is 0 Å². The third-order valence-electron chi connectivity index (χ3n) is 15.1. The van der Waals surface area contributed by atoms with Gasteiger partial charge >= 0.3 is 0 Å². The van der Waals surface area contributed by atoms with Crippen LogP contribution in [-0.4, -0.2) is 0 Å². The second-order valence-corrected chi connectivity index (χ2v) is 18.1. The fourth-order valence-corrected chi connectivity index (χ4v) is 13.1. The van der Waals surface area contributed by atoms with E-state index in [-0.39, 0.29) is 10.8 Å². The van der Waals surface area contributed by atoms with Gasteiger partial charge in [-0.3, -0.25) is 0 Å². The quantitative estimate of drug-likeness (QED) is 0.171. The third kappa shape index (κ3) is 4.38. The van der Waals surface area contributed by atoms with E-state index in [0.29, 0.717) is 11.8 Å². The summed E-state index contributed by atoms with van der Waals surface area (Å²) < 4.78 is 0. The summed E-state index contributed by atoms with van der Waals surface area (Å²) in [5.74, 6) is 3.25. The molecule has 1 spiro atoms. The van der Waals surface area contributed by atoms with Crippen LogP contribution in [0.25, 0.3) is 44.5 Å². The number of hydrogen-bond acceptors (Lipinski definition) is 1. The highest BCUT2D eigenvalue weighted by molar-refractivity contribution is 6.02. The number of rotatable bonds is 5. The summed E-state index contributed by atoms with van der Waals surface area (Å²) in [4.78, 5) is 2.65. The van der Waals surface area contributed by atoms with Crippen LogP contribution in [0.4, 0.5) is 17.1 Å². The normalized spacial score (nSPS) is 24.1. The van der Waals surface area contributed by atoms with Crippen molar-refractivity contribution in [1.82, 2.24) is 0 Å². The van der Waals surface area contributed by atoms with Gasteiger partial charge < -0.3 is 4.90 Å². The molecule has 0 aromatic heterocycles. The zero-order valence-corrected chi connectivity index (χ0v) is 32.4. The Morgan fingerprint density at radius 1 is 0.411 bits per heavy atom. The predicted molar refractivity (Wildman–Crippen MR) is 233 cm³/mol. The van der Waals surface area contributed by atoms with E-state index in [1.54, 1.807) is 11.1 Å². The van der Waals surface area contributed by atoms with Crippen LogP contribution in [0.2, 0.25) is 0 Å². The van der Waals surface area contributed by atoms with Gasteiger partial charge in [-0.1, -0.05) is 153 Å². The second-order valence-electron chi connectivity index (χ2n) is 18.1. The van der Waals surface area contributed by atoms with Gasteiger partial charge in [-0.05, 0) is 136 Å². The van der Waals surface area contributed by atoms with E-state index in [9.17, 15) is 0 Å². The Morgan fingerprint density at radius 2 is 0.946 bits per heavy atom. The molecule has 0 saturated heterocycles. The molecule has 7 aromatic rings. The summed E-state index contributed by atoms with van der Waals surface area (Å²) in [6.45, 7) is 4.81. The molecule has 13 rings (SSSR count). The number of fused-ring (bicyclic) bond motifs is 6. The van der Waals surface area contributed by atoms with Crippen molar-refractivity contribution in [2.75, 3.05) is 4.90 Å². The molecule has 1 heteroatoms. The van der Waals surface area contributed by atoms with Crippen LogP contribution in [0, 0.1) is 23.7 Å². The lowest BCUT2D eigenvalue weighted by atomic mass is 9.43. The van der Waals surface area contributed by atoms with Gasteiger partial charge in [-0.2, -0.15) is 0 Å². The van der Waals surface area contributed by atoms with E-state index in [4.69, 9.17) is 0 Å². The average Bonchev–Trinajstić information content (AvgIpc) is 3.66. The van der Waals surface area contributed by atoms with Crippen molar-refractivity contribution in [2.45, 2.75) is 56.8 Å². The zero-order valence-electron chi connectivity index (χ0n) is 32.4.